The Labute approximate surface area is 175 Å². The Morgan fingerprint density at radius 1 is 1.00 bits per heavy atom. The van der Waals surface area contributed by atoms with Crippen molar-refractivity contribution in [3.05, 3.63) is 72.2 Å². The second kappa shape index (κ2) is 7.19. The first-order chi connectivity index (χ1) is 14.9. The SMILES string of the molecule is Nc1ncnc2c1CN(c1ccc3c(ccn3-c3cccc(C(F)(F)F)c3)c1)CCO2. The van der Waals surface area contributed by atoms with E-state index in [2.05, 4.69) is 14.9 Å². The fourth-order valence-electron chi connectivity index (χ4n) is 3.81. The zero-order valence-corrected chi connectivity index (χ0v) is 16.3. The normalized spacial score (nSPS) is 14.2. The van der Waals surface area contributed by atoms with Crippen LogP contribution in [-0.2, 0) is 12.7 Å². The molecule has 4 aromatic rings. The van der Waals surface area contributed by atoms with E-state index in [9.17, 15) is 13.2 Å². The largest absolute Gasteiger partial charge is 0.475 e. The lowest BCUT2D eigenvalue weighted by atomic mass is 10.1. The zero-order valence-electron chi connectivity index (χ0n) is 16.3. The van der Waals surface area contributed by atoms with Gasteiger partial charge in [0.1, 0.15) is 18.8 Å². The highest BCUT2D eigenvalue weighted by atomic mass is 19.4. The van der Waals surface area contributed by atoms with Gasteiger partial charge in [-0.05, 0) is 42.5 Å². The Bertz CT molecular complexity index is 1270. The standard InChI is InChI=1S/C22H18F3N5O/c23-22(24,25)15-2-1-3-17(11-15)30-7-6-14-10-16(4-5-19(14)30)29-8-9-31-21-18(12-29)20(26)27-13-28-21/h1-7,10-11,13H,8-9,12H2,(H2,26,27,28). The Hall–Kier alpha value is -3.75. The molecule has 2 aromatic heterocycles. The number of nitrogens with zero attached hydrogens (tertiary/aromatic N) is 4. The van der Waals surface area contributed by atoms with Gasteiger partial charge in [0, 0.05) is 23.0 Å². The predicted molar refractivity (Wildman–Crippen MR) is 111 cm³/mol. The maximum Gasteiger partial charge on any atom is 0.416 e. The Balaban J connectivity index is 1.50. The molecule has 0 aliphatic carbocycles. The lowest BCUT2D eigenvalue weighted by Crippen LogP contribution is -2.25. The zero-order chi connectivity index (χ0) is 21.6. The van der Waals surface area contributed by atoms with E-state index in [-0.39, 0.29) is 0 Å². The summed E-state index contributed by atoms with van der Waals surface area (Å²) < 4.78 is 46.8. The quantitative estimate of drug-likeness (QED) is 0.515. The smallest absolute Gasteiger partial charge is 0.416 e. The summed E-state index contributed by atoms with van der Waals surface area (Å²) in [7, 11) is 0. The Kier molecular flexibility index (Phi) is 4.46. The highest BCUT2D eigenvalue weighted by molar-refractivity contribution is 5.85. The molecule has 2 N–H and O–H groups in total. The summed E-state index contributed by atoms with van der Waals surface area (Å²) in [6.45, 7) is 1.59. The molecular formula is C22H18F3N5O. The van der Waals surface area contributed by atoms with Crippen LogP contribution in [0.3, 0.4) is 0 Å². The van der Waals surface area contributed by atoms with Gasteiger partial charge in [0.15, 0.2) is 0 Å². The van der Waals surface area contributed by atoms with E-state index in [0.717, 1.165) is 34.3 Å². The molecule has 0 saturated carbocycles. The fourth-order valence-corrected chi connectivity index (χ4v) is 3.81. The second-order valence-electron chi connectivity index (χ2n) is 7.29. The summed E-state index contributed by atoms with van der Waals surface area (Å²) >= 11 is 0. The molecule has 5 rings (SSSR count). The van der Waals surface area contributed by atoms with Crippen LogP contribution in [-0.4, -0.2) is 27.7 Å². The number of halogens is 3. The Morgan fingerprint density at radius 2 is 1.87 bits per heavy atom. The number of fused-ring (bicyclic) bond motifs is 2. The number of aromatic nitrogens is 3. The third kappa shape index (κ3) is 3.52. The molecule has 0 unspecified atom stereocenters. The molecule has 0 fully saturated rings. The summed E-state index contributed by atoms with van der Waals surface area (Å²) in [5.74, 6) is 0.875. The highest BCUT2D eigenvalue weighted by Crippen LogP contribution is 2.33. The molecule has 31 heavy (non-hydrogen) atoms. The summed E-state index contributed by atoms with van der Waals surface area (Å²) in [6.07, 6.45) is -1.23. The van der Waals surface area contributed by atoms with Crippen LogP contribution in [0.2, 0.25) is 0 Å². The van der Waals surface area contributed by atoms with E-state index in [1.165, 1.54) is 12.4 Å². The molecule has 0 saturated heterocycles. The third-order valence-electron chi connectivity index (χ3n) is 5.38. The van der Waals surface area contributed by atoms with Gasteiger partial charge < -0.3 is 19.9 Å². The summed E-state index contributed by atoms with van der Waals surface area (Å²) in [4.78, 5) is 10.3. The van der Waals surface area contributed by atoms with Gasteiger partial charge in [-0.15, -0.1) is 0 Å². The molecule has 6 nitrogen and oxygen atoms in total. The molecule has 9 heteroatoms. The maximum absolute atomic E-state index is 13.1. The van der Waals surface area contributed by atoms with E-state index >= 15 is 0 Å². The first kappa shape index (κ1) is 19.2. The number of rotatable bonds is 2. The number of ether oxygens (including phenoxy) is 1. The number of nitrogens with two attached hydrogens (primary N) is 1. The van der Waals surface area contributed by atoms with Crippen LogP contribution >= 0.6 is 0 Å². The van der Waals surface area contributed by atoms with Crippen LogP contribution in [0.25, 0.3) is 16.6 Å². The van der Waals surface area contributed by atoms with Gasteiger partial charge in [0.25, 0.3) is 0 Å². The number of benzene rings is 2. The van der Waals surface area contributed by atoms with Gasteiger partial charge in [-0.25, -0.2) is 9.97 Å². The van der Waals surface area contributed by atoms with Crippen LogP contribution in [0.1, 0.15) is 11.1 Å². The van der Waals surface area contributed by atoms with Crippen molar-refractivity contribution in [3.63, 3.8) is 0 Å². The lowest BCUT2D eigenvalue weighted by molar-refractivity contribution is -0.137. The van der Waals surface area contributed by atoms with Crippen molar-refractivity contribution in [1.29, 1.82) is 0 Å². The van der Waals surface area contributed by atoms with Crippen molar-refractivity contribution in [2.45, 2.75) is 12.7 Å². The summed E-state index contributed by atoms with van der Waals surface area (Å²) in [5.41, 5.74) is 8.30. The van der Waals surface area contributed by atoms with Crippen molar-refractivity contribution in [2.24, 2.45) is 0 Å². The molecule has 0 amide bonds. The van der Waals surface area contributed by atoms with Crippen molar-refractivity contribution >= 4 is 22.4 Å². The Morgan fingerprint density at radius 3 is 2.71 bits per heavy atom. The van der Waals surface area contributed by atoms with Crippen molar-refractivity contribution in [2.75, 3.05) is 23.8 Å². The average molecular weight is 425 g/mol. The molecule has 0 atom stereocenters. The molecule has 1 aliphatic heterocycles. The van der Waals surface area contributed by atoms with Crippen LogP contribution in [0.15, 0.2) is 61.1 Å². The highest BCUT2D eigenvalue weighted by Gasteiger charge is 2.30. The maximum atomic E-state index is 13.1. The van der Waals surface area contributed by atoms with Gasteiger partial charge >= 0.3 is 6.18 Å². The molecular weight excluding hydrogens is 407 g/mol. The predicted octanol–water partition coefficient (Wildman–Crippen LogP) is 4.42. The van der Waals surface area contributed by atoms with Gasteiger partial charge in [-0.1, -0.05) is 6.07 Å². The summed E-state index contributed by atoms with van der Waals surface area (Å²) in [6, 6.07) is 13.0. The van der Waals surface area contributed by atoms with Crippen LogP contribution in [0, 0.1) is 0 Å². The fraction of sp³-hybridized carbons (Fsp3) is 0.182. The molecule has 0 bridgehead atoms. The van der Waals surface area contributed by atoms with Crippen LogP contribution in [0.4, 0.5) is 24.7 Å². The van der Waals surface area contributed by atoms with Gasteiger partial charge in [-0.2, -0.15) is 13.2 Å². The monoisotopic (exact) mass is 425 g/mol. The molecule has 0 radical (unpaired) electrons. The van der Waals surface area contributed by atoms with E-state index in [1.54, 1.807) is 16.8 Å². The number of anilines is 2. The third-order valence-corrected chi connectivity index (χ3v) is 5.38. The van der Waals surface area contributed by atoms with Crippen molar-refractivity contribution in [3.8, 4) is 11.6 Å². The van der Waals surface area contributed by atoms with Crippen molar-refractivity contribution in [1.82, 2.24) is 14.5 Å². The minimum absolute atomic E-state index is 0.383. The first-order valence-electron chi connectivity index (χ1n) is 9.66. The topological polar surface area (TPSA) is 69.2 Å². The lowest BCUT2D eigenvalue weighted by Gasteiger charge is -2.22. The second-order valence-corrected chi connectivity index (χ2v) is 7.29. The molecule has 1 aliphatic rings. The first-order valence-corrected chi connectivity index (χ1v) is 9.66. The molecule has 0 spiro atoms. The minimum Gasteiger partial charge on any atom is -0.475 e. The molecule has 2 aromatic carbocycles. The average Bonchev–Trinajstić information content (AvgIpc) is 3.04. The van der Waals surface area contributed by atoms with E-state index in [1.807, 2.05) is 24.3 Å². The van der Waals surface area contributed by atoms with E-state index in [0.29, 0.717) is 37.1 Å². The van der Waals surface area contributed by atoms with Gasteiger partial charge in [0.05, 0.1) is 29.7 Å². The van der Waals surface area contributed by atoms with Crippen molar-refractivity contribution < 1.29 is 17.9 Å². The van der Waals surface area contributed by atoms with E-state index in [4.69, 9.17) is 10.5 Å². The molecule has 158 valence electrons. The van der Waals surface area contributed by atoms with Gasteiger partial charge in [-0.3, -0.25) is 0 Å². The molecule has 3 heterocycles. The number of alkyl halides is 3. The summed E-state index contributed by atoms with van der Waals surface area (Å²) in [5, 5.41) is 0.914. The van der Waals surface area contributed by atoms with Gasteiger partial charge in [0.2, 0.25) is 5.88 Å². The number of hydrogen-bond donors (Lipinski definition) is 1. The van der Waals surface area contributed by atoms with E-state index < -0.39 is 11.7 Å². The van der Waals surface area contributed by atoms with Crippen LogP contribution in [0.5, 0.6) is 5.88 Å². The van der Waals surface area contributed by atoms with Crippen LogP contribution < -0.4 is 15.4 Å². The number of nitrogen functional groups attached to an aromatic ring is 1. The minimum atomic E-state index is -4.39. The number of hydrogen-bond acceptors (Lipinski definition) is 5.